The molecule has 104 valence electrons. The van der Waals surface area contributed by atoms with Crippen LogP contribution in [0.3, 0.4) is 0 Å². The summed E-state index contributed by atoms with van der Waals surface area (Å²) in [4.78, 5) is 14.9. The fourth-order valence-electron chi connectivity index (χ4n) is 2.28. The smallest absolute Gasteiger partial charge is 0.328 e. The van der Waals surface area contributed by atoms with Crippen LogP contribution in [0, 0.1) is 4.77 Å². The second-order valence-corrected chi connectivity index (χ2v) is 4.90. The van der Waals surface area contributed by atoms with Gasteiger partial charge >= 0.3 is 5.97 Å². The highest BCUT2D eigenvalue weighted by atomic mass is 32.1. The van der Waals surface area contributed by atoms with E-state index in [4.69, 9.17) is 17.0 Å². The molecule has 0 bridgehead atoms. The molecule has 2 heterocycles. The Morgan fingerprint density at radius 3 is 2.84 bits per heavy atom. The lowest BCUT2D eigenvalue weighted by atomic mass is 10.2. The zero-order valence-corrected chi connectivity index (χ0v) is 12.4. The average Bonchev–Trinajstić information content (AvgIpc) is 2.86. The monoisotopic (exact) mass is 282 g/mol. The number of carbonyl (C=O) groups excluding carboxylic acids is 1. The summed E-state index contributed by atoms with van der Waals surface area (Å²) in [6.45, 7) is 3.87. The molecule has 2 aromatic rings. The molecule has 0 saturated heterocycles. The van der Waals surface area contributed by atoms with Gasteiger partial charge < -0.3 is 9.72 Å². The molecule has 1 unspecified atom stereocenters. The number of aromatic nitrogens is 4. The maximum absolute atomic E-state index is 11.7. The highest BCUT2D eigenvalue weighted by Crippen LogP contribution is 2.23. The van der Waals surface area contributed by atoms with E-state index in [1.165, 1.54) is 7.11 Å². The van der Waals surface area contributed by atoms with Gasteiger partial charge in [-0.05, 0) is 25.6 Å². The van der Waals surface area contributed by atoms with Crippen LogP contribution in [0.5, 0.6) is 0 Å². The number of aromatic amines is 1. The van der Waals surface area contributed by atoms with Gasteiger partial charge in [0.15, 0.2) is 10.4 Å². The minimum atomic E-state index is -0.476. The van der Waals surface area contributed by atoms with Crippen molar-refractivity contribution in [3.8, 4) is 0 Å². The van der Waals surface area contributed by atoms with Crippen molar-refractivity contribution in [1.82, 2.24) is 19.3 Å². The van der Waals surface area contributed by atoms with Gasteiger partial charge in [0.1, 0.15) is 11.6 Å². The molecule has 0 amide bonds. The zero-order chi connectivity index (χ0) is 14.2. The number of nitrogens with zero attached hydrogens (tertiary/aromatic N) is 3. The zero-order valence-electron chi connectivity index (χ0n) is 11.6. The van der Waals surface area contributed by atoms with Crippen molar-refractivity contribution in [2.45, 2.75) is 32.7 Å². The van der Waals surface area contributed by atoms with Crippen LogP contribution < -0.4 is 0 Å². The summed E-state index contributed by atoms with van der Waals surface area (Å²) in [6, 6.07) is -0.476. The van der Waals surface area contributed by atoms with Crippen LogP contribution in [0.4, 0.5) is 0 Å². The Bertz CT molecular complexity index is 667. The largest absolute Gasteiger partial charge is 0.467 e. The van der Waals surface area contributed by atoms with Crippen LogP contribution in [0.2, 0.25) is 0 Å². The van der Waals surface area contributed by atoms with Crippen LogP contribution in [0.25, 0.3) is 11.2 Å². The number of esters is 1. The molecule has 19 heavy (non-hydrogen) atoms. The number of ether oxygens (including phenoxy) is 1. The van der Waals surface area contributed by atoms with Gasteiger partial charge in [-0.2, -0.15) is 5.10 Å². The van der Waals surface area contributed by atoms with E-state index >= 15 is 0 Å². The average molecular weight is 282 g/mol. The Morgan fingerprint density at radius 1 is 1.58 bits per heavy atom. The number of rotatable bonds is 4. The summed E-state index contributed by atoms with van der Waals surface area (Å²) in [7, 11) is 3.22. The maximum Gasteiger partial charge on any atom is 0.328 e. The predicted molar refractivity (Wildman–Crippen MR) is 74.6 cm³/mol. The number of aryl methyl sites for hydroxylation is 2. The molecule has 1 atom stereocenters. The molecule has 1 N–H and O–H groups in total. The van der Waals surface area contributed by atoms with Gasteiger partial charge in [-0.15, -0.1) is 0 Å². The Kier molecular flexibility index (Phi) is 3.75. The number of hydrogen-bond donors (Lipinski definition) is 1. The third kappa shape index (κ3) is 2.18. The van der Waals surface area contributed by atoms with E-state index in [9.17, 15) is 4.79 Å². The molecule has 0 aliphatic rings. The van der Waals surface area contributed by atoms with Gasteiger partial charge in [-0.1, -0.05) is 13.3 Å². The van der Waals surface area contributed by atoms with E-state index in [-0.39, 0.29) is 5.97 Å². The van der Waals surface area contributed by atoms with Crippen LogP contribution in [-0.4, -0.2) is 32.4 Å². The quantitative estimate of drug-likeness (QED) is 0.689. The van der Waals surface area contributed by atoms with E-state index in [1.807, 2.05) is 7.05 Å². The number of fused-ring (bicyclic) bond motifs is 1. The molecule has 2 rings (SSSR count). The fourth-order valence-corrected chi connectivity index (χ4v) is 2.63. The minimum absolute atomic E-state index is 0.324. The first-order valence-electron chi connectivity index (χ1n) is 6.25. The third-order valence-electron chi connectivity index (χ3n) is 3.18. The molecule has 7 heteroatoms. The Balaban J connectivity index is 2.65. The van der Waals surface area contributed by atoms with Gasteiger partial charge in [0.2, 0.25) is 0 Å². The number of carbonyl (C=O) groups is 1. The second kappa shape index (κ2) is 5.16. The first kappa shape index (κ1) is 13.8. The lowest BCUT2D eigenvalue weighted by Crippen LogP contribution is -2.19. The predicted octanol–water partition coefficient (Wildman–Crippen LogP) is 2.12. The summed E-state index contributed by atoms with van der Waals surface area (Å²) >= 11 is 5.31. The maximum atomic E-state index is 11.7. The molecule has 0 fully saturated rings. The lowest BCUT2D eigenvalue weighted by Gasteiger charge is -2.11. The minimum Gasteiger partial charge on any atom is -0.467 e. The molecule has 0 aliphatic heterocycles. The lowest BCUT2D eigenvalue weighted by molar-refractivity contribution is -0.143. The number of hydrogen-bond acceptors (Lipinski definition) is 4. The summed E-state index contributed by atoms with van der Waals surface area (Å²) in [5.74, 6) is -0.324. The van der Waals surface area contributed by atoms with Crippen molar-refractivity contribution in [2.75, 3.05) is 7.11 Å². The number of imidazole rings is 1. The Morgan fingerprint density at radius 2 is 2.26 bits per heavy atom. The summed E-state index contributed by atoms with van der Waals surface area (Å²) < 4.78 is 8.81. The van der Waals surface area contributed by atoms with Crippen LogP contribution in [0.15, 0.2) is 0 Å². The number of nitrogens with one attached hydrogen (secondary N) is 1. The van der Waals surface area contributed by atoms with Crippen molar-refractivity contribution >= 4 is 29.4 Å². The summed E-state index contributed by atoms with van der Waals surface area (Å²) in [6.07, 6.45) is 1.88. The van der Waals surface area contributed by atoms with Gasteiger partial charge in [-0.3, -0.25) is 9.25 Å². The molecule has 0 saturated carbocycles. The van der Waals surface area contributed by atoms with E-state index in [0.717, 1.165) is 29.7 Å². The van der Waals surface area contributed by atoms with Crippen LogP contribution in [0.1, 0.15) is 32.0 Å². The first-order chi connectivity index (χ1) is 9.01. The molecule has 6 nitrogen and oxygen atoms in total. The van der Waals surface area contributed by atoms with E-state index < -0.39 is 6.04 Å². The topological polar surface area (TPSA) is 64.8 Å². The van der Waals surface area contributed by atoms with Crippen LogP contribution >= 0.6 is 12.2 Å². The molecule has 0 spiro atoms. The van der Waals surface area contributed by atoms with Crippen molar-refractivity contribution in [2.24, 2.45) is 7.05 Å². The third-order valence-corrected chi connectivity index (χ3v) is 3.48. The van der Waals surface area contributed by atoms with Crippen LogP contribution in [-0.2, 0) is 23.0 Å². The van der Waals surface area contributed by atoms with Crippen molar-refractivity contribution in [1.29, 1.82) is 0 Å². The van der Waals surface area contributed by atoms with Crippen molar-refractivity contribution < 1.29 is 9.53 Å². The van der Waals surface area contributed by atoms with Gasteiger partial charge in [-0.25, -0.2) is 4.79 Å². The summed E-state index contributed by atoms with van der Waals surface area (Å²) in [5, 5.41) is 4.47. The Labute approximate surface area is 116 Å². The van der Waals surface area contributed by atoms with Crippen molar-refractivity contribution in [3.63, 3.8) is 0 Å². The standard InChI is InChI=1S/C12H18N4O2S/c1-5-6-8-9-10(15(3)14-8)16(12(19)13-9)7(2)11(17)18-4/h7H,5-6H2,1-4H3,(H,13,19). The van der Waals surface area contributed by atoms with E-state index in [2.05, 4.69) is 17.0 Å². The highest BCUT2D eigenvalue weighted by molar-refractivity contribution is 7.71. The SMILES string of the molecule is CCCc1nn(C)c2c1[nH]c(=S)n2C(C)C(=O)OC. The summed E-state index contributed by atoms with van der Waals surface area (Å²) in [5.41, 5.74) is 2.71. The molecular weight excluding hydrogens is 264 g/mol. The normalized spacial score (nSPS) is 12.8. The highest BCUT2D eigenvalue weighted by Gasteiger charge is 2.22. The van der Waals surface area contributed by atoms with Gasteiger partial charge in [0, 0.05) is 7.05 Å². The van der Waals surface area contributed by atoms with E-state index in [0.29, 0.717) is 4.77 Å². The van der Waals surface area contributed by atoms with Crippen molar-refractivity contribution in [3.05, 3.63) is 10.5 Å². The second-order valence-electron chi connectivity index (χ2n) is 4.52. The number of H-pyrrole nitrogens is 1. The van der Waals surface area contributed by atoms with Gasteiger partial charge in [0.25, 0.3) is 0 Å². The molecule has 2 aromatic heterocycles. The Hall–Kier alpha value is -1.63. The van der Waals surface area contributed by atoms with E-state index in [1.54, 1.807) is 16.2 Å². The molecule has 0 aromatic carbocycles. The molecule has 0 aliphatic carbocycles. The van der Waals surface area contributed by atoms with Gasteiger partial charge in [0.05, 0.1) is 12.8 Å². The fraction of sp³-hybridized carbons (Fsp3) is 0.583. The molecule has 0 radical (unpaired) electrons. The number of methoxy groups -OCH3 is 1. The first-order valence-corrected chi connectivity index (χ1v) is 6.66. The molecular formula is C12H18N4O2S.